The second-order valence-electron chi connectivity index (χ2n) is 7.06. The zero-order valence-corrected chi connectivity index (χ0v) is 13.2. The maximum atomic E-state index is 5.94. The Kier molecular flexibility index (Phi) is 3.66. The quantitative estimate of drug-likeness (QED) is 0.890. The summed E-state index contributed by atoms with van der Waals surface area (Å²) < 4.78 is 5.71. The van der Waals surface area contributed by atoms with Crippen LogP contribution in [-0.4, -0.2) is 60.8 Å². The van der Waals surface area contributed by atoms with Gasteiger partial charge in [-0.25, -0.2) is 4.98 Å². The van der Waals surface area contributed by atoms with Gasteiger partial charge in [0.05, 0.1) is 11.8 Å². The molecule has 120 valence electrons. The van der Waals surface area contributed by atoms with Crippen LogP contribution in [0.4, 0.5) is 11.8 Å². The van der Waals surface area contributed by atoms with Gasteiger partial charge in [-0.1, -0.05) is 0 Å². The zero-order chi connectivity index (χ0) is 15.1. The monoisotopic (exact) mass is 303 g/mol. The lowest BCUT2D eigenvalue weighted by atomic mass is 10.0. The highest BCUT2D eigenvalue weighted by molar-refractivity contribution is 5.45. The molecule has 0 aliphatic carbocycles. The number of aromatic nitrogens is 2. The molecule has 4 heterocycles. The minimum atomic E-state index is 0.300. The van der Waals surface area contributed by atoms with E-state index in [1.54, 1.807) is 0 Å². The highest BCUT2D eigenvalue weighted by Gasteiger charge is 2.39. The summed E-state index contributed by atoms with van der Waals surface area (Å²) in [5, 5.41) is 0. The summed E-state index contributed by atoms with van der Waals surface area (Å²) in [7, 11) is 2.21. The molecule has 6 nitrogen and oxygen atoms in total. The van der Waals surface area contributed by atoms with Gasteiger partial charge in [-0.2, -0.15) is 4.98 Å². The molecule has 0 spiro atoms. The van der Waals surface area contributed by atoms with Crippen molar-refractivity contribution < 1.29 is 4.74 Å². The van der Waals surface area contributed by atoms with E-state index in [1.807, 2.05) is 0 Å². The highest BCUT2D eigenvalue weighted by Crippen LogP contribution is 2.33. The minimum absolute atomic E-state index is 0.300. The number of fused-ring (bicyclic) bond motifs is 1. The predicted molar refractivity (Wildman–Crippen MR) is 85.8 cm³/mol. The molecule has 0 bridgehead atoms. The fourth-order valence-corrected chi connectivity index (χ4v) is 4.22. The average molecular weight is 303 g/mol. The van der Waals surface area contributed by atoms with Gasteiger partial charge in [0.15, 0.2) is 0 Å². The summed E-state index contributed by atoms with van der Waals surface area (Å²) in [5.41, 5.74) is 6.96. The molecule has 0 amide bonds. The van der Waals surface area contributed by atoms with Crippen molar-refractivity contribution in [3.05, 3.63) is 11.8 Å². The third-order valence-corrected chi connectivity index (χ3v) is 5.24. The Morgan fingerprint density at radius 3 is 2.68 bits per heavy atom. The van der Waals surface area contributed by atoms with E-state index in [4.69, 9.17) is 10.5 Å². The first-order valence-corrected chi connectivity index (χ1v) is 8.36. The Bertz CT molecular complexity index is 531. The number of nitrogens with two attached hydrogens (primary N) is 1. The fraction of sp³-hybridized carbons (Fsp3) is 0.750. The number of hydrogen-bond acceptors (Lipinski definition) is 6. The largest absolute Gasteiger partial charge is 0.378 e. The van der Waals surface area contributed by atoms with E-state index < -0.39 is 0 Å². The molecule has 3 atom stereocenters. The molecule has 3 fully saturated rings. The molecule has 3 saturated heterocycles. The van der Waals surface area contributed by atoms with Crippen LogP contribution in [0, 0.1) is 11.8 Å². The third-order valence-electron chi connectivity index (χ3n) is 5.24. The first-order chi connectivity index (χ1) is 10.7. The van der Waals surface area contributed by atoms with Crippen molar-refractivity contribution in [2.24, 2.45) is 11.8 Å². The van der Waals surface area contributed by atoms with Crippen molar-refractivity contribution in [2.75, 3.05) is 50.5 Å². The summed E-state index contributed by atoms with van der Waals surface area (Å²) in [4.78, 5) is 13.7. The summed E-state index contributed by atoms with van der Waals surface area (Å²) in [6.07, 6.45) is 3.43. The number of hydrogen-bond donors (Lipinski definition) is 1. The van der Waals surface area contributed by atoms with Gasteiger partial charge in [0.1, 0.15) is 5.82 Å². The summed E-state index contributed by atoms with van der Waals surface area (Å²) in [5.74, 6) is 2.92. The van der Waals surface area contributed by atoms with Crippen LogP contribution in [0.2, 0.25) is 0 Å². The maximum absolute atomic E-state index is 5.94. The number of ether oxygens (including phenoxy) is 1. The second kappa shape index (κ2) is 5.66. The van der Waals surface area contributed by atoms with E-state index in [0.29, 0.717) is 12.1 Å². The summed E-state index contributed by atoms with van der Waals surface area (Å²) in [6, 6.07) is 2.11. The van der Waals surface area contributed by atoms with Gasteiger partial charge in [-0.05, 0) is 31.7 Å². The Morgan fingerprint density at radius 1 is 1.23 bits per heavy atom. The first-order valence-electron chi connectivity index (χ1n) is 8.36. The standard InChI is InChI=1S/C16H25N5O/c1-20-7-11-9-21(10-12(11)8-20)15-6-13(18-16(17)19-15)5-14-3-2-4-22-14/h6,11-12,14H,2-5,7-10H2,1H3,(H2,17,18,19). The SMILES string of the molecule is CN1CC2CN(c3cc(CC4CCCO4)nc(N)n3)CC2C1. The lowest BCUT2D eigenvalue weighted by Gasteiger charge is -2.21. The number of nitrogens with zero attached hydrogens (tertiary/aromatic N) is 4. The molecule has 3 aliphatic rings. The normalized spacial score (nSPS) is 31.9. The topological polar surface area (TPSA) is 67.5 Å². The van der Waals surface area contributed by atoms with Gasteiger partial charge in [0.25, 0.3) is 0 Å². The van der Waals surface area contributed by atoms with E-state index >= 15 is 0 Å². The Labute approximate surface area is 131 Å². The molecule has 3 aliphatic heterocycles. The van der Waals surface area contributed by atoms with Gasteiger partial charge in [-0.15, -0.1) is 0 Å². The Hall–Kier alpha value is -1.40. The first kappa shape index (κ1) is 14.2. The van der Waals surface area contributed by atoms with Crippen LogP contribution in [-0.2, 0) is 11.2 Å². The molecule has 2 N–H and O–H groups in total. The molecule has 22 heavy (non-hydrogen) atoms. The van der Waals surface area contributed by atoms with Crippen LogP contribution in [0.15, 0.2) is 6.07 Å². The summed E-state index contributed by atoms with van der Waals surface area (Å²) >= 11 is 0. The van der Waals surface area contributed by atoms with Crippen molar-refractivity contribution in [1.29, 1.82) is 0 Å². The van der Waals surface area contributed by atoms with Crippen LogP contribution in [0.25, 0.3) is 0 Å². The third kappa shape index (κ3) is 2.77. The van der Waals surface area contributed by atoms with E-state index in [-0.39, 0.29) is 0 Å². The fourth-order valence-electron chi connectivity index (χ4n) is 4.22. The van der Waals surface area contributed by atoms with Crippen molar-refractivity contribution in [3.63, 3.8) is 0 Å². The molecule has 0 aromatic carbocycles. The van der Waals surface area contributed by atoms with Crippen LogP contribution in [0.5, 0.6) is 0 Å². The average Bonchev–Trinajstić information content (AvgIpc) is 3.14. The van der Waals surface area contributed by atoms with Crippen molar-refractivity contribution >= 4 is 11.8 Å². The van der Waals surface area contributed by atoms with Crippen molar-refractivity contribution in [3.8, 4) is 0 Å². The highest BCUT2D eigenvalue weighted by atomic mass is 16.5. The van der Waals surface area contributed by atoms with Gasteiger partial charge in [0, 0.05) is 45.3 Å². The smallest absolute Gasteiger partial charge is 0.222 e. The van der Waals surface area contributed by atoms with Gasteiger partial charge < -0.3 is 20.3 Å². The Morgan fingerprint density at radius 2 is 2.00 bits per heavy atom. The zero-order valence-electron chi connectivity index (χ0n) is 13.2. The molecular weight excluding hydrogens is 278 g/mol. The van der Waals surface area contributed by atoms with Gasteiger partial charge >= 0.3 is 0 Å². The molecule has 3 unspecified atom stereocenters. The van der Waals surface area contributed by atoms with Crippen LogP contribution < -0.4 is 10.6 Å². The maximum Gasteiger partial charge on any atom is 0.222 e. The number of likely N-dealkylation sites (tertiary alicyclic amines) is 1. The molecule has 4 rings (SSSR count). The lowest BCUT2D eigenvalue weighted by Crippen LogP contribution is -2.27. The van der Waals surface area contributed by atoms with E-state index in [0.717, 1.165) is 62.3 Å². The molecule has 6 heteroatoms. The van der Waals surface area contributed by atoms with Crippen LogP contribution in [0.1, 0.15) is 18.5 Å². The molecule has 1 aromatic heterocycles. The number of rotatable bonds is 3. The molecule has 0 saturated carbocycles. The lowest BCUT2D eigenvalue weighted by molar-refractivity contribution is 0.110. The van der Waals surface area contributed by atoms with Gasteiger partial charge in [-0.3, -0.25) is 0 Å². The number of nitrogen functional groups attached to an aromatic ring is 1. The van der Waals surface area contributed by atoms with Crippen LogP contribution >= 0.6 is 0 Å². The van der Waals surface area contributed by atoms with E-state index in [2.05, 4.69) is 32.9 Å². The van der Waals surface area contributed by atoms with E-state index in [9.17, 15) is 0 Å². The van der Waals surface area contributed by atoms with Gasteiger partial charge in [0.2, 0.25) is 5.95 Å². The number of anilines is 2. The van der Waals surface area contributed by atoms with E-state index in [1.165, 1.54) is 13.1 Å². The molecule has 0 radical (unpaired) electrons. The second-order valence-corrected chi connectivity index (χ2v) is 7.06. The molecule has 1 aromatic rings. The summed E-state index contributed by atoms with van der Waals surface area (Å²) in [6.45, 7) is 5.45. The molecular formula is C16H25N5O. The van der Waals surface area contributed by atoms with Crippen LogP contribution in [0.3, 0.4) is 0 Å². The minimum Gasteiger partial charge on any atom is -0.378 e. The van der Waals surface area contributed by atoms with Crippen molar-refractivity contribution in [1.82, 2.24) is 14.9 Å². The Balaban J connectivity index is 1.48. The van der Waals surface area contributed by atoms with Crippen molar-refractivity contribution in [2.45, 2.75) is 25.4 Å². The predicted octanol–water partition coefficient (Wildman–Crippen LogP) is 0.778.